The summed E-state index contributed by atoms with van der Waals surface area (Å²) < 4.78 is 0. The second-order valence-corrected chi connectivity index (χ2v) is 8.12. The van der Waals surface area contributed by atoms with Gasteiger partial charge in [0.05, 0.1) is 6.10 Å². The number of β-amino-alcohol motifs (C(OH)–C–C–N with tert-alkyl or cyclic N) is 1. The van der Waals surface area contributed by atoms with Crippen molar-refractivity contribution < 1.29 is 19.8 Å². The van der Waals surface area contributed by atoms with Crippen LogP contribution in [0.25, 0.3) is 0 Å². The van der Waals surface area contributed by atoms with Crippen molar-refractivity contribution in [1.29, 1.82) is 0 Å². The van der Waals surface area contributed by atoms with E-state index in [9.17, 15) is 14.7 Å². The van der Waals surface area contributed by atoms with E-state index in [1.807, 2.05) is 0 Å². The predicted molar refractivity (Wildman–Crippen MR) is 113 cm³/mol. The Balaban J connectivity index is 1.94. The number of hydrogen-bond donors (Lipinski definition) is 2. The fraction of sp³-hybridized carbons (Fsp3) is 0.826. The van der Waals surface area contributed by atoms with E-state index in [1.165, 1.54) is 62.7 Å². The second-order valence-electron chi connectivity index (χ2n) is 8.12. The third-order valence-electron chi connectivity index (χ3n) is 5.54. The number of nitrogens with zero attached hydrogens (tertiary/aromatic N) is 1. The summed E-state index contributed by atoms with van der Waals surface area (Å²) in [4.78, 5) is 24.7. The summed E-state index contributed by atoms with van der Waals surface area (Å²) in [6, 6.07) is -0.856. The molecule has 0 aromatic rings. The van der Waals surface area contributed by atoms with Crippen molar-refractivity contribution in [2.24, 2.45) is 0 Å². The Bertz CT molecular complexity index is 464. The van der Waals surface area contributed by atoms with E-state index in [0.29, 0.717) is 6.42 Å². The molecule has 0 radical (unpaired) electrons. The van der Waals surface area contributed by atoms with Crippen molar-refractivity contribution in [2.45, 2.75) is 115 Å². The molecule has 2 N–H and O–H groups in total. The molecule has 0 aromatic carbocycles. The summed E-state index contributed by atoms with van der Waals surface area (Å²) in [6.45, 7) is 2.40. The second kappa shape index (κ2) is 15.5. The van der Waals surface area contributed by atoms with Gasteiger partial charge in [-0.1, -0.05) is 70.4 Å². The normalized spacial score (nSPS) is 19.6. The summed E-state index contributed by atoms with van der Waals surface area (Å²) in [7, 11) is 0. The van der Waals surface area contributed by atoms with Gasteiger partial charge in [0.1, 0.15) is 6.04 Å². The molecule has 1 heterocycles. The molecule has 1 aliphatic heterocycles. The lowest BCUT2D eigenvalue weighted by Gasteiger charge is -2.21. The first-order valence-electron chi connectivity index (χ1n) is 11.4. The van der Waals surface area contributed by atoms with Crippen LogP contribution >= 0.6 is 0 Å². The monoisotopic (exact) mass is 395 g/mol. The molecule has 0 spiro atoms. The average molecular weight is 396 g/mol. The summed E-state index contributed by atoms with van der Waals surface area (Å²) in [6.07, 6.45) is 20.2. The first-order chi connectivity index (χ1) is 13.6. The highest BCUT2D eigenvalue weighted by Gasteiger charge is 2.38. The number of carbonyl (C=O) groups excluding carboxylic acids is 1. The zero-order chi connectivity index (χ0) is 20.6. The van der Waals surface area contributed by atoms with Gasteiger partial charge in [0.2, 0.25) is 5.91 Å². The van der Waals surface area contributed by atoms with E-state index >= 15 is 0 Å². The van der Waals surface area contributed by atoms with E-state index in [4.69, 9.17) is 5.11 Å². The zero-order valence-corrected chi connectivity index (χ0v) is 17.8. The highest BCUT2D eigenvalue weighted by molar-refractivity contribution is 5.84. The number of carboxylic acid groups (broad SMARTS) is 1. The fourth-order valence-electron chi connectivity index (χ4n) is 3.81. The summed E-state index contributed by atoms with van der Waals surface area (Å²) in [5.41, 5.74) is 0. The highest BCUT2D eigenvalue weighted by Crippen LogP contribution is 2.20. The van der Waals surface area contributed by atoms with Crippen LogP contribution in [0.4, 0.5) is 0 Å². The van der Waals surface area contributed by atoms with Crippen molar-refractivity contribution in [3.05, 3.63) is 12.2 Å². The van der Waals surface area contributed by atoms with Crippen molar-refractivity contribution >= 4 is 11.9 Å². The maximum absolute atomic E-state index is 12.2. The molecule has 1 rings (SSSR count). The van der Waals surface area contributed by atoms with E-state index in [1.54, 1.807) is 0 Å². The van der Waals surface area contributed by atoms with Crippen molar-refractivity contribution in [3.8, 4) is 0 Å². The Hall–Kier alpha value is -1.36. The number of aliphatic hydroxyl groups excluding tert-OH is 1. The van der Waals surface area contributed by atoms with Crippen LogP contribution in [-0.2, 0) is 9.59 Å². The number of aliphatic hydroxyl groups is 1. The largest absolute Gasteiger partial charge is 0.480 e. The molecule has 0 aliphatic carbocycles. The van der Waals surface area contributed by atoms with Gasteiger partial charge in [-0.2, -0.15) is 0 Å². The molecule has 28 heavy (non-hydrogen) atoms. The third-order valence-corrected chi connectivity index (χ3v) is 5.54. The number of carboxylic acids is 1. The Kier molecular flexibility index (Phi) is 13.7. The number of carbonyl (C=O) groups is 2. The van der Waals surface area contributed by atoms with E-state index in [0.717, 1.165) is 25.7 Å². The van der Waals surface area contributed by atoms with Crippen LogP contribution in [0.1, 0.15) is 103 Å². The van der Waals surface area contributed by atoms with Gasteiger partial charge < -0.3 is 15.1 Å². The number of likely N-dealkylation sites (tertiary alicyclic amines) is 1. The molecule has 1 amide bonds. The summed E-state index contributed by atoms with van der Waals surface area (Å²) in [5.74, 6) is -1.16. The Morgan fingerprint density at radius 3 is 2.00 bits per heavy atom. The van der Waals surface area contributed by atoms with E-state index in [-0.39, 0.29) is 18.9 Å². The first kappa shape index (κ1) is 24.7. The number of unbranched alkanes of at least 4 members (excludes halogenated alkanes) is 11. The molecule has 162 valence electrons. The van der Waals surface area contributed by atoms with Crippen LogP contribution in [0, 0.1) is 0 Å². The van der Waals surface area contributed by atoms with Crippen LogP contribution in [0.5, 0.6) is 0 Å². The SMILES string of the molecule is CCCCCCCC/C=C/CCCCCCCC(=O)N1CC(O)CC1C(=O)O. The molecule has 1 saturated heterocycles. The number of amides is 1. The molecular formula is C23H41NO4. The molecule has 0 aromatic heterocycles. The number of aliphatic carboxylic acids is 1. The smallest absolute Gasteiger partial charge is 0.326 e. The quantitative estimate of drug-likeness (QED) is 0.282. The zero-order valence-electron chi connectivity index (χ0n) is 17.8. The van der Waals surface area contributed by atoms with Crippen LogP contribution in [-0.4, -0.2) is 45.7 Å². The minimum absolute atomic E-state index is 0.137. The average Bonchev–Trinajstić information content (AvgIpc) is 3.07. The molecule has 0 saturated carbocycles. The van der Waals surface area contributed by atoms with Gasteiger partial charge in [-0.3, -0.25) is 4.79 Å². The van der Waals surface area contributed by atoms with Gasteiger partial charge in [-0.05, 0) is 32.1 Å². The maximum atomic E-state index is 12.2. The lowest BCUT2D eigenvalue weighted by molar-refractivity contribution is -0.148. The van der Waals surface area contributed by atoms with Crippen LogP contribution in [0.15, 0.2) is 12.2 Å². The van der Waals surface area contributed by atoms with Crippen LogP contribution < -0.4 is 0 Å². The lowest BCUT2D eigenvalue weighted by atomic mass is 10.1. The van der Waals surface area contributed by atoms with E-state index in [2.05, 4.69) is 19.1 Å². The first-order valence-corrected chi connectivity index (χ1v) is 11.4. The van der Waals surface area contributed by atoms with Crippen molar-refractivity contribution in [3.63, 3.8) is 0 Å². The van der Waals surface area contributed by atoms with Gasteiger partial charge in [0.25, 0.3) is 0 Å². The number of allylic oxidation sites excluding steroid dienone is 2. The van der Waals surface area contributed by atoms with Gasteiger partial charge in [-0.25, -0.2) is 4.79 Å². The van der Waals surface area contributed by atoms with E-state index < -0.39 is 18.1 Å². The minimum atomic E-state index is -1.02. The van der Waals surface area contributed by atoms with Gasteiger partial charge in [0, 0.05) is 19.4 Å². The molecule has 1 fully saturated rings. The molecular weight excluding hydrogens is 354 g/mol. The lowest BCUT2D eigenvalue weighted by Crippen LogP contribution is -2.40. The number of rotatable bonds is 16. The van der Waals surface area contributed by atoms with Crippen molar-refractivity contribution in [2.75, 3.05) is 6.54 Å². The van der Waals surface area contributed by atoms with Gasteiger partial charge in [-0.15, -0.1) is 0 Å². The van der Waals surface area contributed by atoms with Crippen LogP contribution in [0.2, 0.25) is 0 Å². The molecule has 5 heteroatoms. The fourth-order valence-corrected chi connectivity index (χ4v) is 3.81. The Morgan fingerprint density at radius 1 is 0.893 bits per heavy atom. The summed E-state index contributed by atoms with van der Waals surface area (Å²) >= 11 is 0. The van der Waals surface area contributed by atoms with Crippen molar-refractivity contribution in [1.82, 2.24) is 4.90 Å². The number of hydrogen-bond acceptors (Lipinski definition) is 3. The molecule has 2 unspecified atom stereocenters. The maximum Gasteiger partial charge on any atom is 0.326 e. The third kappa shape index (κ3) is 10.8. The molecule has 0 bridgehead atoms. The predicted octanol–water partition coefficient (Wildman–Crippen LogP) is 5.07. The molecule has 2 atom stereocenters. The minimum Gasteiger partial charge on any atom is -0.480 e. The Labute approximate surface area is 171 Å². The van der Waals surface area contributed by atoms with Crippen LogP contribution in [0.3, 0.4) is 0 Å². The highest BCUT2D eigenvalue weighted by atomic mass is 16.4. The molecule has 1 aliphatic rings. The molecule has 5 nitrogen and oxygen atoms in total. The van der Waals surface area contributed by atoms with Gasteiger partial charge in [0.15, 0.2) is 0 Å². The summed E-state index contributed by atoms with van der Waals surface area (Å²) in [5, 5.41) is 18.8. The van der Waals surface area contributed by atoms with Gasteiger partial charge >= 0.3 is 5.97 Å². The Morgan fingerprint density at radius 2 is 1.43 bits per heavy atom. The topological polar surface area (TPSA) is 77.8 Å². The standard InChI is InChI=1S/C23H41NO4/c1-2-3-4-5-6-7-8-9-10-11-12-13-14-15-16-17-22(26)24-19-20(25)18-21(24)23(27)28/h9-10,20-21,25H,2-8,11-19H2,1H3,(H,27,28)/b10-9+.